The van der Waals surface area contributed by atoms with Gasteiger partial charge in [-0.25, -0.2) is 4.98 Å². The van der Waals surface area contributed by atoms with Crippen molar-refractivity contribution in [1.29, 1.82) is 0 Å². The molecule has 138 valence electrons. The van der Waals surface area contributed by atoms with Crippen molar-refractivity contribution in [1.82, 2.24) is 14.1 Å². The summed E-state index contributed by atoms with van der Waals surface area (Å²) in [7, 11) is 3.54. The lowest BCUT2D eigenvalue weighted by Crippen LogP contribution is -2.31. The van der Waals surface area contributed by atoms with Crippen LogP contribution in [0.3, 0.4) is 0 Å². The van der Waals surface area contributed by atoms with Crippen LogP contribution in [0.15, 0.2) is 46.1 Å². The van der Waals surface area contributed by atoms with E-state index in [1.165, 1.54) is 4.57 Å². The fraction of sp³-hybridized carbons (Fsp3) is 0.211. The van der Waals surface area contributed by atoms with E-state index in [1.54, 1.807) is 43.3 Å². The number of aryl methyl sites for hydroxylation is 2. The number of amides is 1. The highest BCUT2D eigenvalue weighted by Gasteiger charge is 2.43. The summed E-state index contributed by atoms with van der Waals surface area (Å²) in [5, 5.41) is 0.624. The van der Waals surface area contributed by atoms with Crippen LogP contribution in [0.2, 0.25) is 5.02 Å². The van der Waals surface area contributed by atoms with Crippen LogP contribution in [0.4, 0.5) is 5.69 Å². The van der Waals surface area contributed by atoms with Crippen LogP contribution in [-0.2, 0) is 14.1 Å². The first-order valence-corrected chi connectivity index (χ1v) is 9.45. The summed E-state index contributed by atoms with van der Waals surface area (Å²) in [6.07, 6.45) is 1.68. The number of fused-ring (bicyclic) bond motifs is 1. The number of nitrogens with zero attached hydrogens (tertiary/aromatic N) is 4. The molecule has 4 rings (SSSR count). The minimum atomic E-state index is -0.370. The molecule has 27 heavy (non-hydrogen) atoms. The van der Waals surface area contributed by atoms with Gasteiger partial charge in [0.2, 0.25) is 0 Å². The maximum absolute atomic E-state index is 13.2. The SMILES string of the molecule is Cc1cc(N2C(=O)c3nc(Br)n(C)c3C2c2ccc(Cl)cc2)cn(C)c1=O. The van der Waals surface area contributed by atoms with E-state index >= 15 is 0 Å². The molecule has 3 heterocycles. The van der Waals surface area contributed by atoms with Gasteiger partial charge in [0.15, 0.2) is 10.4 Å². The monoisotopic (exact) mass is 446 g/mol. The fourth-order valence-electron chi connectivity index (χ4n) is 3.51. The molecule has 0 fully saturated rings. The Morgan fingerprint density at radius 3 is 2.44 bits per heavy atom. The zero-order valence-electron chi connectivity index (χ0n) is 14.9. The van der Waals surface area contributed by atoms with Gasteiger partial charge in [0.25, 0.3) is 11.5 Å². The first kappa shape index (κ1) is 18.0. The first-order chi connectivity index (χ1) is 12.8. The highest BCUT2D eigenvalue weighted by Crippen LogP contribution is 2.42. The van der Waals surface area contributed by atoms with E-state index < -0.39 is 0 Å². The molecule has 0 radical (unpaired) electrons. The molecule has 1 unspecified atom stereocenters. The van der Waals surface area contributed by atoms with E-state index in [9.17, 15) is 9.59 Å². The molecule has 6 nitrogen and oxygen atoms in total. The third-order valence-electron chi connectivity index (χ3n) is 4.84. The van der Waals surface area contributed by atoms with Crippen molar-refractivity contribution in [2.24, 2.45) is 14.1 Å². The normalized spacial score (nSPS) is 16.1. The number of hydrogen-bond donors (Lipinski definition) is 0. The number of imidazole rings is 1. The Kier molecular flexibility index (Phi) is 4.24. The Balaban J connectivity index is 1.96. The number of aromatic nitrogens is 3. The number of carbonyl (C=O) groups excluding carboxylic acids is 1. The van der Waals surface area contributed by atoms with Gasteiger partial charge in [-0.05, 0) is 46.6 Å². The lowest BCUT2D eigenvalue weighted by atomic mass is 10.0. The van der Waals surface area contributed by atoms with Crippen molar-refractivity contribution >= 4 is 39.1 Å². The molecule has 1 amide bonds. The predicted octanol–water partition coefficient (Wildman–Crippen LogP) is 3.59. The molecule has 1 aliphatic heterocycles. The van der Waals surface area contributed by atoms with Gasteiger partial charge in [0.05, 0.1) is 11.4 Å². The second-order valence-corrected chi connectivity index (χ2v) is 7.75. The summed E-state index contributed by atoms with van der Waals surface area (Å²) >= 11 is 9.46. The van der Waals surface area contributed by atoms with Gasteiger partial charge in [-0.2, -0.15) is 0 Å². The number of carbonyl (C=O) groups is 1. The summed E-state index contributed by atoms with van der Waals surface area (Å²) < 4.78 is 3.95. The van der Waals surface area contributed by atoms with Gasteiger partial charge in [-0.1, -0.05) is 23.7 Å². The zero-order valence-corrected chi connectivity index (χ0v) is 17.2. The van der Waals surface area contributed by atoms with Crippen molar-refractivity contribution < 1.29 is 4.79 Å². The van der Waals surface area contributed by atoms with Crippen LogP contribution < -0.4 is 10.5 Å². The number of benzene rings is 1. The molecule has 1 aromatic carbocycles. The van der Waals surface area contributed by atoms with Crippen LogP contribution in [0.25, 0.3) is 0 Å². The van der Waals surface area contributed by atoms with Crippen LogP contribution in [0, 0.1) is 6.92 Å². The van der Waals surface area contributed by atoms with Gasteiger partial charge >= 0.3 is 0 Å². The van der Waals surface area contributed by atoms with Crippen molar-refractivity contribution in [3.63, 3.8) is 0 Å². The second kappa shape index (κ2) is 6.35. The average molecular weight is 448 g/mol. The minimum Gasteiger partial charge on any atom is -0.323 e. The molecule has 0 aliphatic carbocycles. The maximum Gasteiger partial charge on any atom is 0.279 e. The number of halogens is 2. The predicted molar refractivity (Wildman–Crippen MR) is 107 cm³/mol. The molecule has 0 N–H and O–H groups in total. The van der Waals surface area contributed by atoms with E-state index in [4.69, 9.17) is 11.6 Å². The van der Waals surface area contributed by atoms with Gasteiger partial charge in [-0.3, -0.25) is 14.5 Å². The molecular weight excluding hydrogens is 432 g/mol. The van der Waals surface area contributed by atoms with E-state index in [0.29, 0.717) is 26.7 Å². The lowest BCUT2D eigenvalue weighted by Gasteiger charge is -2.27. The number of pyridine rings is 1. The summed E-state index contributed by atoms with van der Waals surface area (Å²) in [5.74, 6) is -0.204. The van der Waals surface area contributed by atoms with Crippen LogP contribution >= 0.6 is 27.5 Å². The second-order valence-electron chi connectivity index (χ2n) is 6.60. The summed E-state index contributed by atoms with van der Waals surface area (Å²) in [6.45, 7) is 1.74. The molecule has 1 atom stereocenters. The summed E-state index contributed by atoms with van der Waals surface area (Å²) in [5.41, 5.74) is 3.23. The molecule has 0 spiro atoms. The van der Waals surface area contributed by atoms with Gasteiger partial charge in [0.1, 0.15) is 6.04 Å². The smallest absolute Gasteiger partial charge is 0.279 e. The first-order valence-electron chi connectivity index (χ1n) is 8.28. The van der Waals surface area contributed by atoms with E-state index in [2.05, 4.69) is 20.9 Å². The van der Waals surface area contributed by atoms with Crippen molar-refractivity contribution in [2.75, 3.05) is 4.90 Å². The zero-order chi connectivity index (χ0) is 19.5. The molecule has 1 aliphatic rings. The Morgan fingerprint density at radius 2 is 1.81 bits per heavy atom. The Hall–Kier alpha value is -2.38. The average Bonchev–Trinajstić information content (AvgIpc) is 3.08. The molecule has 2 aromatic heterocycles. The van der Waals surface area contributed by atoms with Crippen LogP contribution in [0.1, 0.15) is 33.4 Å². The van der Waals surface area contributed by atoms with Crippen molar-refractivity contribution in [3.05, 3.63) is 79.2 Å². The third kappa shape index (κ3) is 2.73. The summed E-state index contributed by atoms with van der Waals surface area (Å²) in [4.78, 5) is 31.4. The molecule has 0 saturated heterocycles. The Bertz CT molecular complexity index is 1110. The van der Waals surface area contributed by atoms with E-state index in [-0.39, 0.29) is 17.5 Å². The van der Waals surface area contributed by atoms with E-state index in [1.807, 2.05) is 23.7 Å². The highest BCUT2D eigenvalue weighted by molar-refractivity contribution is 9.10. The standard InChI is InChI=1S/C19H16BrClN4O2/c1-10-8-13(9-23(2)17(10)26)25-15(11-4-6-12(21)7-5-11)16-14(18(25)27)22-19(20)24(16)3/h4-9,15H,1-3H3. The van der Waals surface area contributed by atoms with Crippen LogP contribution in [0.5, 0.6) is 0 Å². The molecule has 0 bridgehead atoms. The topological polar surface area (TPSA) is 60.1 Å². The van der Waals surface area contributed by atoms with Gasteiger partial charge < -0.3 is 9.13 Å². The van der Waals surface area contributed by atoms with Gasteiger partial charge in [0, 0.05) is 30.9 Å². The largest absolute Gasteiger partial charge is 0.323 e. The van der Waals surface area contributed by atoms with Crippen LogP contribution in [-0.4, -0.2) is 20.0 Å². The molecule has 8 heteroatoms. The molecule has 3 aromatic rings. The molecule has 0 saturated carbocycles. The number of rotatable bonds is 2. The maximum atomic E-state index is 13.2. The third-order valence-corrected chi connectivity index (χ3v) is 5.80. The fourth-order valence-corrected chi connectivity index (χ4v) is 4.01. The Morgan fingerprint density at radius 1 is 1.15 bits per heavy atom. The van der Waals surface area contributed by atoms with Gasteiger partial charge in [-0.15, -0.1) is 0 Å². The van der Waals surface area contributed by atoms with Crippen molar-refractivity contribution in [3.8, 4) is 0 Å². The van der Waals surface area contributed by atoms with E-state index in [0.717, 1.165) is 11.3 Å². The Labute approximate surface area is 169 Å². The summed E-state index contributed by atoms with van der Waals surface area (Å²) in [6, 6.07) is 8.77. The number of anilines is 1. The minimum absolute atomic E-state index is 0.0909. The lowest BCUT2D eigenvalue weighted by molar-refractivity contribution is 0.0989. The number of hydrogen-bond acceptors (Lipinski definition) is 3. The highest BCUT2D eigenvalue weighted by atomic mass is 79.9. The quantitative estimate of drug-likeness (QED) is 0.603. The van der Waals surface area contributed by atoms with Crippen molar-refractivity contribution in [2.45, 2.75) is 13.0 Å². The molecular formula is C19H16BrClN4O2.